The number of likely N-dealkylation sites (tertiary alicyclic amines) is 1. The summed E-state index contributed by atoms with van der Waals surface area (Å²) in [7, 11) is 4.25. The number of benzene rings is 1. The van der Waals surface area contributed by atoms with Gasteiger partial charge < -0.3 is 39.8 Å². The predicted molar refractivity (Wildman–Crippen MR) is 194 cm³/mol. The van der Waals surface area contributed by atoms with Gasteiger partial charge in [0.2, 0.25) is 5.91 Å². The summed E-state index contributed by atoms with van der Waals surface area (Å²) in [5, 5.41) is 6.52. The van der Waals surface area contributed by atoms with E-state index in [0.717, 1.165) is 86.6 Å². The predicted octanol–water partition coefficient (Wildman–Crippen LogP) is 4.19. The molecule has 1 aliphatic carbocycles. The zero-order valence-electron chi connectivity index (χ0n) is 29.7. The molecule has 1 aromatic heterocycles. The summed E-state index contributed by atoms with van der Waals surface area (Å²) in [6.45, 7) is 14.3. The summed E-state index contributed by atoms with van der Waals surface area (Å²) in [5.41, 5.74) is 6.92. The Balaban J connectivity index is 1.03. The van der Waals surface area contributed by atoms with Gasteiger partial charge in [0.05, 0.1) is 17.7 Å². The fourth-order valence-electron chi connectivity index (χ4n) is 8.51. The Morgan fingerprint density at radius 1 is 1.22 bits per heavy atom. The number of piperidine rings is 1. The van der Waals surface area contributed by atoms with Crippen molar-refractivity contribution in [2.45, 2.75) is 76.8 Å². The number of aldehydes is 1. The first-order valence-corrected chi connectivity index (χ1v) is 18.3. The van der Waals surface area contributed by atoms with Crippen molar-refractivity contribution in [3.63, 3.8) is 0 Å². The lowest BCUT2D eigenvalue weighted by Crippen LogP contribution is -2.46. The molecule has 3 N–H and O–H groups in total. The van der Waals surface area contributed by atoms with Crippen molar-refractivity contribution in [2.75, 3.05) is 58.3 Å². The SMILES string of the molecule is C=C(C1=Cc2nc(C3C(=O)NC=CC3NCC(C)COc3ccc4c5c3CCCN5CCC4)[nH]c2CC1(C)C=O)N(C)C1CCN(C)CC1. The maximum atomic E-state index is 13.4. The van der Waals surface area contributed by atoms with Crippen LogP contribution in [-0.2, 0) is 28.9 Å². The molecule has 4 atom stereocenters. The van der Waals surface area contributed by atoms with Gasteiger partial charge in [0.15, 0.2) is 0 Å². The Morgan fingerprint density at radius 2 is 2.00 bits per heavy atom. The van der Waals surface area contributed by atoms with E-state index in [2.05, 4.69) is 70.0 Å². The summed E-state index contributed by atoms with van der Waals surface area (Å²) in [4.78, 5) is 41.6. The number of anilines is 1. The number of aryl methyl sites for hydroxylation is 1. The van der Waals surface area contributed by atoms with Crippen LogP contribution in [0.1, 0.15) is 73.8 Å². The molecule has 4 aliphatic heterocycles. The molecule has 5 heterocycles. The maximum absolute atomic E-state index is 13.4. The molecule has 1 aromatic carbocycles. The van der Waals surface area contributed by atoms with E-state index in [4.69, 9.17) is 9.72 Å². The third kappa shape index (κ3) is 6.57. The Bertz CT molecular complexity index is 1650. The zero-order chi connectivity index (χ0) is 34.3. The summed E-state index contributed by atoms with van der Waals surface area (Å²) >= 11 is 0. The Morgan fingerprint density at radius 3 is 2.78 bits per heavy atom. The number of nitrogens with zero attached hydrogens (tertiary/aromatic N) is 4. The van der Waals surface area contributed by atoms with E-state index in [1.807, 2.05) is 19.1 Å². The Hall–Kier alpha value is -3.89. The molecule has 10 nitrogen and oxygen atoms in total. The van der Waals surface area contributed by atoms with Gasteiger partial charge in [-0.05, 0) is 88.9 Å². The normalized spacial score (nSPS) is 25.9. The minimum Gasteiger partial charge on any atom is -0.493 e. The highest BCUT2D eigenvalue weighted by Crippen LogP contribution is 2.42. The molecule has 4 unspecified atom stereocenters. The lowest BCUT2D eigenvalue weighted by Gasteiger charge is -2.41. The minimum atomic E-state index is -0.746. The molecular formula is C39H53N7O3. The molecule has 7 rings (SSSR count). The van der Waals surface area contributed by atoms with Crippen LogP contribution in [0.2, 0.25) is 0 Å². The monoisotopic (exact) mass is 667 g/mol. The Labute approximate surface area is 291 Å². The molecule has 1 fully saturated rings. The van der Waals surface area contributed by atoms with Crippen LogP contribution in [0.5, 0.6) is 5.75 Å². The molecule has 1 amide bonds. The van der Waals surface area contributed by atoms with E-state index in [-0.39, 0.29) is 17.9 Å². The summed E-state index contributed by atoms with van der Waals surface area (Å²) in [5.74, 6) is 1.19. The van der Waals surface area contributed by atoms with Crippen LogP contribution in [0.25, 0.3) is 6.08 Å². The number of H-pyrrole nitrogens is 1. The molecule has 49 heavy (non-hydrogen) atoms. The maximum Gasteiger partial charge on any atom is 0.236 e. The van der Waals surface area contributed by atoms with Gasteiger partial charge in [0.1, 0.15) is 23.8 Å². The molecule has 0 bridgehead atoms. The van der Waals surface area contributed by atoms with Gasteiger partial charge in [-0.2, -0.15) is 0 Å². The van der Waals surface area contributed by atoms with Crippen LogP contribution < -0.4 is 20.3 Å². The average Bonchev–Trinajstić information content (AvgIpc) is 3.51. The van der Waals surface area contributed by atoms with Crippen molar-refractivity contribution < 1.29 is 14.3 Å². The first kappa shape index (κ1) is 33.6. The third-order valence-electron chi connectivity index (χ3n) is 11.6. The fourth-order valence-corrected chi connectivity index (χ4v) is 8.51. The highest BCUT2D eigenvalue weighted by atomic mass is 16.5. The molecule has 0 saturated carbocycles. The second-order valence-electron chi connectivity index (χ2n) is 15.3. The van der Waals surface area contributed by atoms with E-state index in [1.165, 1.54) is 29.7 Å². The number of aromatic amines is 1. The average molecular weight is 668 g/mol. The second-order valence-corrected chi connectivity index (χ2v) is 15.3. The topological polar surface area (TPSA) is 106 Å². The van der Waals surface area contributed by atoms with Gasteiger partial charge >= 0.3 is 0 Å². The van der Waals surface area contributed by atoms with Crippen molar-refractivity contribution in [3.05, 3.63) is 70.6 Å². The minimum absolute atomic E-state index is 0.110. The number of hydrogen-bond donors (Lipinski definition) is 3. The number of aromatic nitrogens is 2. The molecule has 1 saturated heterocycles. The van der Waals surface area contributed by atoms with Gasteiger partial charge in [0.25, 0.3) is 0 Å². The van der Waals surface area contributed by atoms with Crippen molar-refractivity contribution in [1.29, 1.82) is 0 Å². The van der Waals surface area contributed by atoms with Crippen molar-refractivity contribution in [2.24, 2.45) is 11.3 Å². The lowest BCUT2D eigenvalue weighted by molar-refractivity contribution is -0.122. The molecule has 0 radical (unpaired) electrons. The highest BCUT2D eigenvalue weighted by molar-refractivity contribution is 5.86. The van der Waals surface area contributed by atoms with Crippen LogP contribution in [0, 0.1) is 11.3 Å². The zero-order valence-corrected chi connectivity index (χ0v) is 29.7. The van der Waals surface area contributed by atoms with Crippen LogP contribution >= 0.6 is 0 Å². The number of ether oxygens (including phenoxy) is 1. The number of fused-ring (bicyclic) bond motifs is 1. The van der Waals surface area contributed by atoms with Gasteiger partial charge in [-0.15, -0.1) is 0 Å². The number of nitrogens with one attached hydrogen (secondary N) is 3. The van der Waals surface area contributed by atoms with Gasteiger partial charge in [-0.3, -0.25) is 4.79 Å². The number of carbonyl (C=O) groups excluding carboxylic acids is 2. The first-order chi connectivity index (χ1) is 23.6. The van der Waals surface area contributed by atoms with Crippen LogP contribution in [0.3, 0.4) is 0 Å². The molecule has 10 heteroatoms. The number of carbonyl (C=O) groups is 2. The van der Waals surface area contributed by atoms with E-state index < -0.39 is 11.3 Å². The standard InChI is InChI=1S/C39H53N7O3/c1-25(23-49-34-11-10-27-8-6-16-46-17-7-9-29(34)36(27)46)22-41-31-12-15-40-38(48)35(31)37-42-32-20-30(39(3,24-47)21-33(32)43-37)26(2)45(5)28-13-18-44(4)19-14-28/h10-12,15,20,24-25,28,31,35,41H,2,6-9,13-14,16-19,21-23H2,1,3-5H3,(H,40,48)(H,42,43). The van der Waals surface area contributed by atoms with E-state index in [0.29, 0.717) is 31.4 Å². The van der Waals surface area contributed by atoms with Crippen LogP contribution in [0.15, 0.2) is 42.3 Å². The lowest BCUT2D eigenvalue weighted by atomic mass is 9.74. The van der Waals surface area contributed by atoms with E-state index in [1.54, 1.807) is 6.20 Å². The molecular weight excluding hydrogens is 614 g/mol. The number of hydrogen-bond acceptors (Lipinski definition) is 8. The molecule has 0 spiro atoms. The molecule has 2 aromatic rings. The molecule has 5 aliphatic rings. The number of likely N-dealkylation sites (N-methyl/N-ethyl adjacent to an activating group) is 1. The third-order valence-corrected chi connectivity index (χ3v) is 11.6. The largest absolute Gasteiger partial charge is 0.493 e. The summed E-state index contributed by atoms with van der Waals surface area (Å²) in [6, 6.07) is 4.57. The number of amides is 1. The van der Waals surface area contributed by atoms with Gasteiger partial charge in [0, 0.05) is 79.9 Å². The van der Waals surface area contributed by atoms with E-state index >= 15 is 0 Å². The van der Waals surface area contributed by atoms with Gasteiger partial charge in [-0.1, -0.05) is 25.6 Å². The van der Waals surface area contributed by atoms with Gasteiger partial charge in [-0.25, -0.2) is 4.98 Å². The highest BCUT2D eigenvalue weighted by Gasteiger charge is 2.40. The Kier molecular flexibility index (Phi) is 9.45. The fraction of sp³-hybridized carbons (Fsp3) is 0.564. The smallest absolute Gasteiger partial charge is 0.236 e. The first-order valence-electron chi connectivity index (χ1n) is 18.3. The number of allylic oxidation sites excluding steroid dienone is 1. The van der Waals surface area contributed by atoms with E-state index in [9.17, 15) is 9.59 Å². The second kappa shape index (κ2) is 13.8. The van der Waals surface area contributed by atoms with Crippen LogP contribution in [-0.4, -0.2) is 97.5 Å². The quantitative estimate of drug-likeness (QED) is 0.307. The van der Waals surface area contributed by atoms with Crippen molar-refractivity contribution in [1.82, 2.24) is 30.4 Å². The number of rotatable bonds is 11. The van der Waals surface area contributed by atoms with Crippen LogP contribution in [0.4, 0.5) is 5.69 Å². The van der Waals surface area contributed by atoms with Crippen molar-refractivity contribution >= 4 is 24.0 Å². The summed E-state index contributed by atoms with van der Waals surface area (Å²) in [6.07, 6.45) is 14.0. The summed E-state index contributed by atoms with van der Waals surface area (Å²) < 4.78 is 6.46. The molecule has 262 valence electrons. The van der Waals surface area contributed by atoms with Crippen molar-refractivity contribution in [3.8, 4) is 5.75 Å². The number of imidazole rings is 1.